The second kappa shape index (κ2) is 5.33. The van der Waals surface area contributed by atoms with Gasteiger partial charge in [0.1, 0.15) is 23.0 Å². The predicted octanol–water partition coefficient (Wildman–Crippen LogP) is 2.35. The van der Waals surface area contributed by atoms with Crippen molar-refractivity contribution in [2.75, 3.05) is 13.1 Å². The van der Waals surface area contributed by atoms with E-state index in [0.717, 1.165) is 38.8 Å². The van der Waals surface area contributed by atoms with Gasteiger partial charge in [-0.05, 0) is 38.8 Å². The molecule has 2 aliphatic heterocycles. The van der Waals surface area contributed by atoms with Crippen LogP contribution in [0.25, 0.3) is 0 Å². The van der Waals surface area contributed by atoms with Gasteiger partial charge >= 0.3 is 0 Å². The molecule has 2 heterocycles. The summed E-state index contributed by atoms with van der Waals surface area (Å²) in [7, 11) is 0. The standard InChI is InChI=1S/C15H17F3N2O/c16-10-7-12(17)11(13(18)8-10)9-19-14(21)15-3-1-5-20(15)6-2-4-15/h7-8H,1-6,9H2,(H,19,21). The fourth-order valence-electron chi connectivity index (χ4n) is 3.55. The molecule has 1 N–H and O–H groups in total. The number of fused-ring (bicyclic) bond motifs is 1. The maximum Gasteiger partial charge on any atom is 0.240 e. The topological polar surface area (TPSA) is 32.3 Å². The maximum absolute atomic E-state index is 13.6. The highest BCUT2D eigenvalue weighted by Gasteiger charge is 2.49. The van der Waals surface area contributed by atoms with Gasteiger partial charge in [0.2, 0.25) is 5.91 Å². The predicted molar refractivity (Wildman–Crippen MR) is 70.9 cm³/mol. The van der Waals surface area contributed by atoms with Crippen molar-refractivity contribution in [1.29, 1.82) is 0 Å². The monoisotopic (exact) mass is 298 g/mol. The Morgan fingerprint density at radius 3 is 2.29 bits per heavy atom. The number of hydrogen-bond donors (Lipinski definition) is 1. The van der Waals surface area contributed by atoms with Gasteiger partial charge in [0.15, 0.2) is 0 Å². The molecule has 2 aliphatic rings. The molecule has 3 nitrogen and oxygen atoms in total. The zero-order valence-corrected chi connectivity index (χ0v) is 11.6. The molecule has 0 bridgehead atoms. The molecule has 0 spiro atoms. The van der Waals surface area contributed by atoms with E-state index in [-0.39, 0.29) is 18.0 Å². The smallest absolute Gasteiger partial charge is 0.240 e. The van der Waals surface area contributed by atoms with E-state index >= 15 is 0 Å². The Morgan fingerprint density at radius 2 is 1.71 bits per heavy atom. The molecule has 2 saturated heterocycles. The van der Waals surface area contributed by atoms with Crippen molar-refractivity contribution in [1.82, 2.24) is 10.2 Å². The quantitative estimate of drug-likeness (QED) is 0.929. The molecule has 0 radical (unpaired) electrons. The number of carbonyl (C=O) groups is 1. The molecule has 114 valence electrons. The Hall–Kier alpha value is -1.56. The van der Waals surface area contributed by atoms with Gasteiger partial charge in [0.05, 0.1) is 0 Å². The fraction of sp³-hybridized carbons (Fsp3) is 0.533. The van der Waals surface area contributed by atoms with E-state index in [9.17, 15) is 18.0 Å². The van der Waals surface area contributed by atoms with Crippen LogP contribution in [0.3, 0.4) is 0 Å². The molecule has 1 aromatic carbocycles. The normalized spacial score (nSPS) is 20.5. The summed E-state index contributed by atoms with van der Waals surface area (Å²) in [5.74, 6) is -3.09. The van der Waals surface area contributed by atoms with Crippen LogP contribution in [0.5, 0.6) is 0 Å². The number of benzene rings is 1. The van der Waals surface area contributed by atoms with Crippen LogP contribution >= 0.6 is 0 Å². The van der Waals surface area contributed by atoms with Crippen molar-refractivity contribution in [3.63, 3.8) is 0 Å². The summed E-state index contributed by atoms with van der Waals surface area (Å²) in [5, 5.41) is 2.62. The molecule has 2 fully saturated rings. The van der Waals surface area contributed by atoms with Crippen LogP contribution in [-0.4, -0.2) is 29.4 Å². The first kappa shape index (κ1) is 14.4. The molecule has 21 heavy (non-hydrogen) atoms. The molecule has 3 rings (SSSR count). The largest absolute Gasteiger partial charge is 0.350 e. The first-order valence-electron chi connectivity index (χ1n) is 7.20. The van der Waals surface area contributed by atoms with E-state index in [1.54, 1.807) is 0 Å². The third-order valence-electron chi connectivity index (χ3n) is 4.60. The molecule has 1 amide bonds. The summed E-state index contributed by atoms with van der Waals surface area (Å²) in [6, 6.07) is 1.25. The number of nitrogens with zero attached hydrogens (tertiary/aromatic N) is 1. The zero-order chi connectivity index (χ0) is 15.0. The second-order valence-electron chi connectivity index (χ2n) is 5.76. The van der Waals surface area contributed by atoms with Gasteiger partial charge in [-0.25, -0.2) is 13.2 Å². The zero-order valence-electron chi connectivity index (χ0n) is 11.6. The molecule has 0 aromatic heterocycles. The van der Waals surface area contributed by atoms with E-state index in [0.29, 0.717) is 12.1 Å². The minimum atomic E-state index is -0.972. The van der Waals surface area contributed by atoms with Gasteiger partial charge in [0, 0.05) is 24.2 Å². The van der Waals surface area contributed by atoms with Crippen LogP contribution in [-0.2, 0) is 11.3 Å². The highest BCUT2D eigenvalue weighted by molar-refractivity contribution is 5.87. The fourth-order valence-corrected chi connectivity index (χ4v) is 3.55. The van der Waals surface area contributed by atoms with Crippen LogP contribution < -0.4 is 5.32 Å². The van der Waals surface area contributed by atoms with Crippen LogP contribution in [0.4, 0.5) is 13.2 Å². The molecule has 0 aliphatic carbocycles. The van der Waals surface area contributed by atoms with E-state index in [1.807, 2.05) is 0 Å². The number of hydrogen-bond acceptors (Lipinski definition) is 2. The Labute approximate surface area is 121 Å². The highest BCUT2D eigenvalue weighted by atomic mass is 19.1. The third-order valence-corrected chi connectivity index (χ3v) is 4.60. The van der Waals surface area contributed by atoms with Crippen molar-refractivity contribution in [2.24, 2.45) is 0 Å². The van der Waals surface area contributed by atoms with Crippen molar-refractivity contribution >= 4 is 5.91 Å². The summed E-state index contributed by atoms with van der Waals surface area (Å²) in [4.78, 5) is 14.6. The van der Waals surface area contributed by atoms with Crippen LogP contribution in [0.1, 0.15) is 31.2 Å². The lowest BCUT2D eigenvalue weighted by Gasteiger charge is -2.30. The van der Waals surface area contributed by atoms with E-state index in [2.05, 4.69) is 10.2 Å². The Balaban J connectivity index is 1.72. The first-order valence-corrected chi connectivity index (χ1v) is 7.20. The molecule has 0 unspecified atom stereocenters. The number of amides is 1. The van der Waals surface area contributed by atoms with Crippen LogP contribution in [0, 0.1) is 17.5 Å². The molecule has 6 heteroatoms. The Bertz CT molecular complexity index is 543. The average Bonchev–Trinajstić information content (AvgIpc) is 2.96. The van der Waals surface area contributed by atoms with Crippen LogP contribution in [0.2, 0.25) is 0 Å². The molecule has 0 atom stereocenters. The lowest BCUT2D eigenvalue weighted by atomic mass is 9.93. The van der Waals surface area contributed by atoms with Crippen LogP contribution in [0.15, 0.2) is 12.1 Å². The molecular weight excluding hydrogens is 281 g/mol. The summed E-state index contributed by atoms with van der Waals surface area (Å²) < 4.78 is 40.0. The number of rotatable bonds is 3. The van der Waals surface area contributed by atoms with Crippen molar-refractivity contribution < 1.29 is 18.0 Å². The average molecular weight is 298 g/mol. The maximum atomic E-state index is 13.6. The lowest BCUT2D eigenvalue weighted by Crippen LogP contribution is -2.51. The van der Waals surface area contributed by atoms with E-state index < -0.39 is 23.0 Å². The minimum absolute atomic E-state index is 0.180. The van der Waals surface area contributed by atoms with Crippen molar-refractivity contribution in [2.45, 2.75) is 37.8 Å². The summed E-state index contributed by atoms with van der Waals surface area (Å²) >= 11 is 0. The Morgan fingerprint density at radius 1 is 1.14 bits per heavy atom. The third kappa shape index (κ3) is 2.41. The lowest BCUT2D eigenvalue weighted by molar-refractivity contribution is -0.130. The van der Waals surface area contributed by atoms with E-state index in [4.69, 9.17) is 0 Å². The first-order chi connectivity index (χ1) is 10.0. The summed E-state index contributed by atoms with van der Waals surface area (Å²) in [6.45, 7) is 1.53. The minimum Gasteiger partial charge on any atom is -0.350 e. The number of carbonyl (C=O) groups excluding carboxylic acids is 1. The second-order valence-corrected chi connectivity index (χ2v) is 5.76. The highest BCUT2D eigenvalue weighted by Crippen LogP contribution is 2.38. The van der Waals surface area contributed by atoms with Gasteiger partial charge in [-0.15, -0.1) is 0 Å². The molecule has 0 saturated carbocycles. The van der Waals surface area contributed by atoms with E-state index in [1.165, 1.54) is 0 Å². The van der Waals surface area contributed by atoms with Gasteiger partial charge in [-0.3, -0.25) is 9.69 Å². The van der Waals surface area contributed by atoms with Gasteiger partial charge in [-0.1, -0.05) is 0 Å². The number of nitrogens with one attached hydrogen (secondary N) is 1. The molecule has 1 aromatic rings. The van der Waals surface area contributed by atoms with Crippen molar-refractivity contribution in [3.8, 4) is 0 Å². The summed E-state index contributed by atoms with van der Waals surface area (Å²) in [6.07, 6.45) is 3.50. The summed E-state index contributed by atoms with van der Waals surface area (Å²) in [5.41, 5.74) is -0.809. The van der Waals surface area contributed by atoms with Crippen molar-refractivity contribution in [3.05, 3.63) is 35.1 Å². The van der Waals surface area contributed by atoms with Gasteiger partial charge < -0.3 is 5.32 Å². The SMILES string of the molecule is O=C(NCc1c(F)cc(F)cc1F)C12CCCN1CCC2. The number of halogens is 3. The van der Waals surface area contributed by atoms with Gasteiger partial charge in [-0.2, -0.15) is 0 Å². The Kier molecular flexibility index (Phi) is 3.65. The molecular formula is C15H17F3N2O. The van der Waals surface area contributed by atoms with Gasteiger partial charge in [0.25, 0.3) is 0 Å².